The molecule has 0 radical (unpaired) electrons. The highest BCUT2D eigenvalue weighted by Crippen LogP contribution is 2.38. The van der Waals surface area contributed by atoms with E-state index in [1.54, 1.807) is 0 Å². The van der Waals surface area contributed by atoms with Crippen LogP contribution in [0.5, 0.6) is 0 Å². The Kier molecular flexibility index (Phi) is 4.60. The van der Waals surface area contributed by atoms with E-state index in [2.05, 4.69) is 72.6 Å². The topological polar surface area (TPSA) is 29.3 Å². The number of rotatable bonds is 5. The van der Waals surface area contributed by atoms with E-state index >= 15 is 0 Å². The molecule has 2 heteroatoms. The lowest BCUT2D eigenvalue weighted by Crippen LogP contribution is -2.54. The molecule has 0 spiro atoms. The third kappa shape index (κ3) is 2.94. The average molecular weight is 294 g/mol. The van der Waals surface area contributed by atoms with E-state index in [-0.39, 0.29) is 5.54 Å². The summed E-state index contributed by atoms with van der Waals surface area (Å²) < 4.78 is 0. The summed E-state index contributed by atoms with van der Waals surface area (Å²) in [4.78, 5) is 2.49. The van der Waals surface area contributed by atoms with E-state index in [1.807, 2.05) is 0 Å². The number of nitrogens with two attached hydrogens (primary N) is 1. The zero-order valence-electron chi connectivity index (χ0n) is 13.4. The third-order valence-corrected chi connectivity index (χ3v) is 5.36. The van der Waals surface area contributed by atoms with Crippen LogP contribution in [0.1, 0.15) is 17.5 Å². The summed E-state index contributed by atoms with van der Waals surface area (Å²) in [5.41, 5.74) is 9.20. The highest BCUT2D eigenvalue weighted by Gasteiger charge is 2.45. The summed E-state index contributed by atoms with van der Waals surface area (Å²) in [5.74, 6) is 0.616. The first-order valence-corrected chi connectivity index (χ1v) is 8.24. The van der Waals surface area contributed by atoms with Crippen LogP contribution in [-0.4, -0.2) is 30.6 Å². The monoisotopic (exact) mass is 294 g/mol. The molecule has 1 fully saturated rings. The lowest BCUT2D eigenvalue weighted by Gasteiger charge is -2.40. The molecule has 116 valence electrons. The predicted octanol–water partition coefficient (Wildman–Crippen LogP) is 3.12. The number of nitrogens with zero attached hydrogens (tertiary/aromatic N) is 1. The van der Waals surface area contributed by atoms with Crippen LogP contribution in [-0.2, 0) is 12.8 Å². The molecule has 1 saturated heterocycles. The minimum atomic E-state index is 0.0806. The number of likely N-dealkylation sites (N-methyl/N-ethyl adjacent to an activating group) is 1. The Balaban J connectivity index is 1.85. The molecule has 1 heterocycles. The number of hydrogen-bond donors (Lipinski definition) is 1. The molecule has 0 amide bonds. The minimum Gasteiger partial charge on any atom is -0.329 e. The Morgan fingerprint density at radius 2 is 1.59 bits per heavy atom. The third-order valence-electron chi connectivity index (χ3n) is 5.36. The molecule has 2 aromatic carbocycles. The fourth-order valence-corrected chi connectivity index (χ4v) is 3.97. The fourth-order valence-electron chi connectivity index (χ4n) is 3.97. The van der Waals surface area contributed by atoms with Gasteiger partial charge in [-0.3, -0.25) is 4.90 Å². The fraction of sp³-hybridized carbons (Fsp3) is 0.400. The van der Waals surface area contributed by atoms with Crippen LogP contribution in [0, 0.1) is 5.92 Å². The molecule has 2 nitrogen and oxygen atoms in total. The molecule has 0 saturated carbocycles. The lowest BCUT2D eigenvalue weighted by atomic mass is 9.76. The molecule has 1 aliphatic rings. The van der Waals surface area contributed by atoms with Gasteiger partial charge in [-0.1, -0.05) is 60.7 Å². The Hall–Kier alpha value is -1.64. The van der Waals surface area contributed by atoms with Crippen molar-refractivity contribution in [1.82, 2.24) is 4.90 Å². The molecule has 0 aliphatic carbocycles. The Labute approximate surface area is 134 Å². The van der Waals surface area contributed by atoms with Crippen molar-refractivity contribution in [2.75, 3.05) is 20.1 Å². The van der Waals surface area contributed by atoms with E-state index in [4.69, 9.17) is 5.73 Å². The van der Waals surface area contributed by atoms with Gasteiger partial charge < -0.3 is 5.73 Å². The maximum absolute atomic E-state index is 6.31. The average Bonchev–Trinajstić information content (AvgIpc) is 2.86. The SMILES string of the molecule is CN1CCC(Cc2ccccc2)C1(CN)Cc1ccccc1. The molecule has 2 aromatic rings. The van der Waals surface area contributed by atoms with Crippen LogP contribution < -0.4 is 5.73 Å². The van der Waals surface area contributed by atoms with Crippen molar-refractivity contribution in [2.24, 2.45) is 11.7 Å². The van der Waals surface area contributed by atoms with Crippen molar-refractivity contribution in [1.29, 1.82) is 0 Å². The number of hydrogen-bond acceptors (Lipinski definition) is 2. The summed E-state index contributed by atoms with van der Waals surface area (Å²) in [6.45, 7) is 1.86. The van der Waals surface area contributed by atoms with Crippen LogP contribution >= 0.6 is 0 Å². The van der Waals surface area contributed by atoms with Gasteiger partial charge in [0.25, 0.3) is 0 Å². The molecule has 0 bridgehead atoms. The van der Waals surface area contributed by atoms with Gasteiger partial charge >= 0.3 is 0 Å². The second kappa shape index (κ2) is 6.64. The van der Waals surface area contributed by atoms with Gasteiger partial charge in [-0.25, -0.2) is 0 Å². The van der Waals surface area contributed by atoms with Crippen LogP contribution in [0.4, 0.5) is 0 Å². The maximum atomic E-state index is 6.31. The van der Waals surface area contributed by atoms with Crippen LogP contribution in [0.2, 0.25) is 0 Å². The number of likely N-dealkylation sites (tertiary alicyclic amines) is 1. The Morgan fingerprint density at radius 1 is 1.00 bits per heavy atom. The maximum Gasteiger partial charge on any atom is 0.0400 e. The second-order valence-corrected chi connectivity index (χ2v) is 6.57. The van der Waals surface area contributed by atoms with Gasteiger partial charge in [-0.2, -0.15) is 0 Å². The first-order valence-electron chi connectivity index (χ1n) is 8.24. The van der Waals surface area contributed by atoms with Crippen molar-refractivity contribution in [2.45, 2.75) is 24.8 Å². The molecular weight excluding hydrogens is 268 g/mol. The largest absolute Gasteiger partial charge is 0.329 e. The molecule has 22 heavy (non-hydrogen) atoms. The van der Waals surface area contributed by atoms with Crippen LogP contribution in [0.3, 0.4) is 0 Å². The summed E-state index contributed by atoms with van der Waals surface area (Å²) in [5, 5.41) is 0. The normalized spacial score (nSPS) is 25.5. The van der Waals surface area contributed by atoms with Crippen molar-refractivity contribution >= 4 is 0 Å². The van der Waals surface area contributed by atoms with E-state index < -0.39 is 0 Å². The summed E-state index contributed by atoms with van der Waals surface area (Å²) >= 11 is 0. The van der Waals surface area contributed by atoms with E-state index in [0.29, 0.717) is 5.92 Å². The molecule has 1 aliphatic heterocycles. The molecule has 2 N–H and O–H groups in total. The summed E-state index contributed by atoms with van der Waals surface area (Å²) in [7, 11) is 2.24. The lowest BCUT2D eigenvalue weighted by molar-refractivity contribution is 0.135. The molecule has 0 aromatic heterocycles. The van der Waals surface area contributed by atoms with Gasteiger partial charge in [0.15, 0.2) is 0 Å². The van der Waals surface area contributed by atoms with Crippen LogP contribution in [0.25, 0.3) is 0 Å². The van der Waals surface area contributed by atoms with Crippen molar-refractivity contribution < 1.29 is 0 Å². The van der Waals surface area contributed by atoms with Crippen molar-refractivity contribution in [3.05, 3.63) is 71.8 Å². The first kappa shape index (κ1) is 15.3. The molecule has 2 atom stereocenters. The Bertz CT molecular complexity index is 581. The van der Waals surface area contributed by atoms with E-state index in [9.17, 15) is 0 Å². The van der Waals surface area contributed by atoms with E-state index in [1.165, 1.54) is 17.5 Å². The standard InChI is InChI=1S/C20H26N2/c1-22-13-12-19(14-17-8-4-2-5-9-17)20(22,16-21)15-18-10-6-3-7-11-18/h2-11,19H,12-16,21H2,1H3. The van der Waals surface area contributed by atoms with Gasteiger partial charge in [0, 0.05) is 12.1 Å². The van der Waals surface area contributed by atoms with Crippen LogP contribution in [0.15, 0.2) is 60.7 Å². The molecule has 3 rings (SSSR count). The van der Waals surface area contributed by atoms with Gasteiger partial charge in [-0.15, -0.1) is 0 Å². The van der Waals surface area contributed by atoms with Crippen molar-refractivity contribution in [3.8, 4) is 0 Å². The second-order valence-electron chi connectivity index (χ2n) is 6.57. The van der Waals surface area contributed by atoms with Gasteiger partial charge in [0.1, 0.15) is 0 Å². The highest BCUT2D eigenvalue weighted by molar-refractivity contribution is 5.22. The summed E-state index contributed by atoms with van der Waals surface area (Å²) in [6.07, 6.45) is 3.39. The van der Waals surface area contributed by atoms with Gasteiger partial charge in [0.05, 0.1) is 0 Å². The predicted molar refractivity (Wildman–Crippen MR) is 92.8 cm³/mol. The zero-order valence-corrected chi connectivity index (χ0v) is 13.4. The molecular formula is C20H26N2. The summed E-state index contributed by atoms with van der Waals surface area (Å²) in [6, 6.07) is 21.6. The number of benzene rings is 2. The Morgan fingerprint density at radius 3 is 2.18 bits per heavy atom. The van der Waals surface area contributed by atoms with Gasteiger partial charge in [0.2, 0.25) is 0 Å². The zero-order chi connectivity index (χ0) is 15.4. The van der Waals surface area contributed by atoms with Gasteiger partial charge in [-0.05, 0) is 49.9 Å². The molecule has 2 unspecified atom stereocenters. The highest BCUT2D eigenvalue weighted by atomic mass is 15.2. The van der Waals surface area contributed by atoms with Crippen molar-refractivity contribution in [3.63, 3.8) is 0 Å². The minimum absolute atomic E-state index is 0.0806. The quantitative estimate of drug-likeness (QED) is 0.918. The first-order chi connectivity index (χ1) is 10.7. The smallest absolute Gasteiger partial charge is 0.0400 e. The van der Waals surface area contributed by atoms with E-state index in [0.717, 1.165) is 25.9 Å².